The van der Waals surface area contributed by atoms with Crippen LogP contribution in [0, 0.1) is 0 Å². The molecule has 0 radical (unpaired) electrons. The molecule has 0 aliphatic carbocycles. The normalized spacial score (nSPS) is 11.4. The van der Waals surface area contributed by atoms with Crippen molar-refractivity contribution >= 4 is 33.2 Å². The van der Waals surface area contributed by atoms with Crippen LogP contribution in [0.1, 0.15) is 23.7 Å². The molecule has 0 unspecified atom stereocenters. The predicted molar refractivity (Wildman–Crippen MR) is 109 cm³/mol. The van der Waals surface area contributed by atoms with Gasteiger partial charge in [-0.15, -0.1) is 0 Å². The van der Waals surface area contributed by atoms with Crippen LogP contribution in [0.15, 0.2) is 41.3 Å². The third kappa shape index (κ3) is 4.95. The largest absolute Gasteiger partial charge is 0.493 e. The number of anilines is 1. The van der Waals surface area contributed by atoms with Gasteiger partial charge in [-0.2, -0.15) is 0 Å². The first kappa shape index (κ1) is 22.0. The number of ether oxygens (including phenoxy) is 2. The van der Waals surface area contributed by atoms with E-state index in [1.165, 1.54) is 45.5 Å². The zero-order valence-electron chi connectivity index (χ0n) is 16.2. The van der Waals surface area contributed by atoms with Crippen LogP contribution in [0.4, 0.5) is 5.69 Å². The number of sulfonamides is 1. The number of nitrogens with one attached hydrogen (secondary N) is 1. The number of hydrogen-bond donors (Lipinski definition) is 1. The Morgan fingerprint density at radius 2 is 1.93 bits per heavy atom. The molecular weight excluding hydrogens is 404 g/mol. The molecule has 0 saturated carbocycles. The lowest BCUT2D eigenvalue weighted by atomic mass is 10.1. The van der Waals surface area contributed by atoms with Gasteiger partial charge in [-0.25, -0.2) is 12.7 Å². The van der Waals surface area contributed by atoms with Crippen molar-refractivity contribution in [3.8, 4) is 11.5 Å². The van der Waals surface area contributed by atoms with Crippen LogP contribution >= 0.6 is 11.6 Å². The van der Waals surface area contributed by atoms with E-state index in [4.69, 9.17) is 21.1 Å². The monoisotopic (exact) mass is 426 g/mol. The molecule has 1 N–H and O–H groups in total. The van der Waals surface area contributed by atoms with Crippen LogP contribution in [-0.4, -0.2) is 46.4 Å². The molecule has 0 atom stereocenters. The number of methoxy groups -OCH3 is 1. The van der Waals surface area contributed by atoms with Crippen molar-refractivity contribution in [2.75, 3.05) is 33.1 Å². The lowest BCUT2D eigenvalue weighted by molar-refractivity contribution is 0.102. The van der Waals surface area contributed by atoms with Gasteiger partial charge in [0.2, 0.25) is 10.0 Å². The molecule has 0 saturated heterocycles. The van der Waals surface area contributed by atoms with Gasteiger partial charge in [0.1, 0.15) is 0 Å². The third-order valence-electron chi connectivity index (χ3n) is 3.81. The summed E-state index contributed by atoms with van der Waals surface area (Å²) in [6.45, 7) is 2.43. The minimum atomic E-state index is -3.61. The van der Waals surface area contributed by atoms with Crippen LogP contribution in [0.3, 0.4) is 0 Å². The molecule has 2 aromatic carbocycles. The van der Waals surface area contributed by atoms with E-state index in [1.54, 1.807) is 12.1 Å². The number of carbonyl (C=O) groups excluding carboxylic acids is 1. The van der Waals surface area contributed by atoms with Gasteiger partial charge in [0.05, 0.1) is 23.6 Å². The molecule has 0 aromatic heterocycles. The highest BCUT2D eigenvalue weighted by Crippen LogP contribution is 2.36. The first-order chi connectivity index (χ1) is 13.2. The van der Waals surface area contributed by atoms with E-state index in [-0.39, 0.29) is 15.5 Å². The SMILES string of the molecule is CCCOc1c(Cl)cc(C(=O)Nc2cccc(S(=O)(=O)N(C)C)c2)cc1OC. The average molecular weight is 427 g/mol. The van der Waals surface area contributed by atoms with Gasteiger partial charge < -0.3 is 14.8 Å². The summed E-state index contributed by atoms with van der Waals surface area (Å²) in [5, 5.41) is 2.93. The molecule has 9 heteroatoms. The predicted octanol–water partition coefficient (Wildman–Crippen LogP) is 3.64. The summed E-state index contributed by atoms with van der Waals surface area (Å²) >= 11 is 6.25. The second-order valence-electron chi connectivity index (χ2n) is 6.11. The summed E-state index contributed by atoms with van der Waals surface area (Å²) in [4.78, 5) is 12.7. The molecule has 7 nitrogen and oxygen atoms in total. The Morgan fingerprint density at radius 1 is 1.21 bits per heavy atom. The smallest absolute Gasteiger partial charge is 0.255 e. The number of carbonyl (C=O) groups is 1. The Bertz CT molecular complexity index is 961. The maximum Gasteiger partial charge on any atom is 0.255 e. The Labute approximate surface area is 170 Å². The number of halogens is 1. The van der Waals surface area contributed by atoms with Crippen LogP contribution < -0.4 is 14.8 Å². The molecule has 152 valence electrons. The summed E-state index contributed by atoms with van der Waals surface area (Å²) in [7, 11) is 0.736. The van der Waals surface area contributed by atoms with Crippen molar-refractivity contribution in [3.05, 3.63) is 47.0 Å². The molecule has 2 aromatic rings. The fraction of sp³-hybridized carbons (Fsp3) is 0.316. The maximum atomic E-state index is 12.6. The number of nitrogens with zero attached hydrogens (tertiary/aromatic N) is 1. The molecule has 0 bridgehead atoms. The van der Waals surface area contributed by atoms with Gasteiger partial charge in [0.15, 0.2) is 11.5 Å². The first-order valence-corrected chi connectivity index (χ1v) is 10.4. The lowest BCUT2D eigenvalue weighted by Crippen LogP contribution is -2.22. The minimum absolute atomic E-state index is 0.0780. The highest BCUT2D eigenvalue weighted by Gasteiger charge is 2.19. The van der Waals surface area contributed by atoms with Crippen LogP contribution in [0.5, 0.6) is 11.5 Å². The fourth-order valence-corrected chi connectivity index (χ4v) is 3.56. The van der Waals surface area contributed by atoms with Gasteiger partial charge >= 0.3 is 0 Å². The Hall–Kier alpha value is -2.29. The van der Waals surface area contributed by atoms with Gasteiger partial charge in [0, 0.05) is 25.3 Å². The quantitative estimate of drug-likeness (QED) is 0.696. The van der Waals surface area contributed by atoms with Crippen LogP contribution in [0.2, 0.25) is 5.02 Å². The second kappa shape index (κ2) is 9.27. The molecule has 0 spiro atoms. The molecule has 0 fully saturated rings. The van der Waals surface area contributed by atoms with E-state index in [0.29, 0.717) is 23.8 Å². The van der Waals surface area contributed by atoms with Crippen molar-refractivity contribution in [2.45, 2.75) is 18.2 Å². The van der Waals surface area contributed by atoms with Crippen LogP contribution in [0.25, 0.3) is 0 Å². The fourth-order valence-electron chi connectivity index (χ4n) is 2.34. The van der Waals surface area contributed by atoms with Gasteiger partial charge in [-0.1, -0.05) is 24.6 Å². The maximum absolute atomic E-state index is 12.6. The molecule has 0 heterocycles. The van der Waals surface area contributed by atoms with Gasteiger partial charge in [0.25, 0.3) is 5.91 Å². The Kier molecular flexibility index (Phi) is 7.29. The van der Waals surface area contributed by atoms with E-state index in [0.717, 1.165) is 10.7 Å². The average Bonchev–Trinajstić information content (AvgIpc) is 2.66. The van der Waals surface area contributed by atoms with Crippen molar-refractivity contribution in [1.29, 1.82) is 0 Å². The summed E-state index contributed by atoms with van der Waals surface area (Å²) in [5.74, 6) is 0.262. The van der Waals surface area contributed by atoms with Gasteiger partial charge in [-0.05, 0) is 36.8 Å². The highest BCUT2D eigenvalue weighted by atomic mass is 35.5. The molecule has 0 aliphatic rings. The summed E-state index contributed by atoms with van der Waals surface area (Å²) in [6, 6.07) is 9.01. The molecule has 0 aliphatic heterocycles. The number of rotatable bonds is 8. The van der Waals surface area contributed by atoms with Crippen molar-refractivity contribution in [3.63, 3.8) is 0 Å². The second-order valence-corrected chi connectivity index (χ2v) is 8.67. The first-order valence-electron chi connectivity index (χ1n) is 8.55. The van der Waals surface area contributed by atoms with E-state index in [1.807, 2.05) is 6.92 Å². The number of benzene rings is 2. The van der Waals surface area contributed by atoms with Crippen LogP contribution in [-0.2, 0) is 10.0 Å². The topological polar surface area (TPSA) is 84.9 Å². The van der Waals surface area contributed by atoms with Crippen molar-refractivity contribution in [2.24, 2.45) is 0 Å². The van der Waals surface area contributed by atoms with Crippen molar-refractivity contribution in [1.82, 2.24) is 4.31 Å². The number of hydrogen-bond acceptors (Lipinski definition) is 5. The molecular formula is C19H23ClN2O5S. The third-order valence-corrected chi connectivity index (χ3v) is 5.90. The minimum Gasteiger partial charge on any atom is -0.493 e. The van der Waals surface area contributed by atoms with Gasteiger partial charge in [-0.3, -0.25) is 4.79 Å². The standard InChI is InChI=1S/C19H23ClN2O5S/c1-5-9-27-18-16(20)10-13(11-17(18)26-4)19(23)21-14-7-6-8-15(12-14)28(24,25)22(2)3/h6-8,10-12H,5,9H2,1-4H3,(H,21,23). The van der Waals surface area contributed by atoms with E-state index < -0.39 is 15.9 Å². The summed E-state index contributed by atoms with van der Waals surface area (Å²) in [6.07, 6.45) is 0.800. The zero-order chi connectivity index (χ0) is 20.9. The lowest BCUT2D eigenvalue weighted by Gasteiger charge is -2.14. The summed E-state index contributed by atoms with van der Waals surface area (Å²) < 4.78 is 36.5. The van der Waals surface area contributed by atoms with Crippen molar-refractivity contribution < 1.29 is 22.7 Å². The molecule has 2 rings (SSSR count). The van der Waals surface area contributed by atoms with E-state index in [9.17, 15) is 13.2 Å². The summed E-state index contributed by atoms with van der Waals surface area (Å²) in [5.41, 5.74) is 0.598. The highest BCUT2D eigenvalue weighted by molar-refractivity contribution is 7.89. The zero-order valence-corrected chi connectivity index (χ0v) is 17.7. The number of amides is 1. The molecule has 28 heavy (non-hydrogen) atoms. The van der Waals surface area contributed by atoms with E-state index in [2.05, 4.69) is 5.32 Å². The molecule has 1 amide bonds. The van der Waals surface area contributed by atoms with E-state index >= 15 is 0 Å². The Morgan fingerprint density at radius 3 is 2.54 bits per heavy atom. The Balaban J connectivity index is 2.30.